The zero-order valence-electron chi connectivity index (χ0n) is 13.6. The van der Waals surface area contributed by atoms with Crippen LogP contribution in [0.4, 0.5) is 0 Å². The smallest absolute Gasteiger partial charge is 0.164 e. The Morgan fingerprint density at radius 2 is 1.52 bits per heavy atom. The van der Waals surface area contributed by atoms with Crippen molar-refractivity contribution in [1.29, 1.82) is 0 Å². The van der Waals surface area contributed by atoms with E-state index in [1.807, 2.05) is 12.1 Å². The summed E-state index contributed by atoms with van der Waals surface area (Å²) in [6.07, 6.45) is 5.36. The first-order chi connectivity index (χ1) is 10.1. The van der Waals surface area contributed by atoms with Gasteiger partial charge in [0.15, 0.2) is 11.5 Å². The molecule has 0 spiro atoms. The van der Waals surface area contributed by atoms with Crippen molar-refractivity contribution in [2.24, 2.45) is 5.41 Å². The van der Waals surface area contributed by atoms with Gasteiger partial charge in [-0.05, 0) is 24.3 Å². The summed E-state index contributed by atoms with van der Waals surface area (Å²) < 4.78 is 16.1. The molecule has 1 aliphatic rings. The molecule has 0 aromatic heterocycles. The van der Waals surface area contributed by atoms with E-state index >= 15 is 0 Å². The van der Waals surface area contributed by atoms with E-state index in [2.05, 4.69) is 12.2 Å². The molecule has 0 atom stereocenters. The number of benzene rings is 1. The van der Waals surface area contributed by atoms with Crippen LogP contribution in [0.2, 0.25) is 0 Å². The summed E-state index contributed by atoms with van der Waals surface area (Å²) in [5, 5.41) is 3.57. The van der Waals surface area contributed by atoms with E-state index in [-0.39, 0.29) is 0 Å². The maximum Gasteiger partial charge on any atom is 0.164 e. The Labute approximate surface area is 127 Å². The highest BCUT2D eigenvalue weighted by Gasteiger charge is 2.28. The molecule has 1 N–H and O–H groups in total. The molecule has 21 heavy (non-hydrogen) atoms. The van der Waals surface area contributed by atoms with E-state index in [9.17, 15) is 0 Å². The van der Waals surface area contributed by atoms with Gasteiger partial charge in [-0.25, -0.2) is 0 Å². The lowest BCUT2D eigenvalue weighted by Crippen LogP contribution is -2.29. The lowest BCUT2D eigenvalue weighted by atomic mass is 9.89. The molecule has 0 unspecified atom stereocenters. The molecule has 0 heterocycles. The molecule has 1 aromatic carbocycles. The van der Waals surface area contributed by atoms with Crippen LogP contribution in [0.25, 0.3) is 0 Å². The Balaban J connectivity index is 2.04. The largest absolute Gasteiger partial charge is 0.496 e. The van der Waals surface area contributed by atoms with Crippen LogP contribution in [0.5, 0.6) is 17.2 Å². The second-order valence-electron chi connectivity index (χ2n) is 6.14. The van der Waals surface area contributed by atoms with Crippen LogP contribution in [0.15, 0.2) is 12.1 Å². The van der Waals surface area contributed by atoms with Gasteiger partial charge >= 0.3 is 0 Å². The van der Waals surface area contributed by atoms with Gasteiger partial charge in [-0.3, -0.25) is 0 Å². The highest BCUT2D eigenvalue weighted by atomic mass is 16.5. The molecule has 0 saturated heterocycles. The van der Waals surface area contributed by atoms with Gasteiger partial charge in [0.05, 0.1) is 21.3 Å². The van der Waals surface area contributed by atoms with Gasteiger partial charge < -0.3 is 19.5 Å². The second kappa shape index (κ2) is 7.03. The molecule has 4 nitrogen and oxygen atoms in total. The van der Waals surface area contributed by atoms with Gasteiger partial charge in [0, 0.05) is 24.7 Å². The summed E-state index contributed by atoms with van der Waals surface area (Å²) in [5.41, 5.74) is 1.54. The van der Waals surface area contributed by atoms with E-state index in [1.165, 1.54) is 25.7 Å². The highest BCUT2D eigenvalue weighted by Crippen LogP contribution is 2.37. The van der Waals surface area contributed by atoms with E-state index < -0.39 is 0 Å². The van der Waals surface area contributed by atoms with Crippen molar-refractivity contribution in [3.63, 3.8) is 0 Å². The summed E-state index contributed by atoms with van der Waals surface area (Å²) in [4.78, 5) is 0. The van der Waals surface area contributed by atoms with Crippen LogP contribution < -0.4 is 19.5 Å². The SMILES string of the molecule is COc1cc(OC)c(OC)cc1CNCC1(C)CCCC1. The molecule has 1 fully saturated rings. The van der Waals surface area contributed by atoms with Crippen molar-refractivity contribution >= 4 is 0 Å². The third-order valence-electron chi connectivity index (χ3n) is 4.46. The minimum absolute atomic E-state index is 0.448. The number of methoxy groups -OCH3 is 3. The van der Waals surface area contributed by atoms with Crippen molar-refractivity contribution in [3.8, 4) is 17.2 Å². The summed E-state index contributed by atoms with van der Waals surface area (Å²) in [6, 6.07) is 3.87. The number of rotatable bonds is 7. The Morgan fingerprint density at radius 3 is 2.10 bits per heavy atom. The minimum Gasteiger partial charge on any atom is -0.496 e. The van der Waals surface area contributed by atoms with Gasteiger partial charge in [0.25, 0.3) is 0 Å². The fourth-order valence-electron chi connectivity index (χ4n) is 3.13. The molecule has 0 bridgehead atoms. The molecule has 0 aliphatic heterocycles. The minimum atomic E-state index is 0.448. The summed E-state index contributed by atoms with van der Waals surface area (Å²) in [7, 11) is 4.97. The fraction of sp³-hybridized carbons (Fsp3) is 0.647. The van der Waals surface area contributed by atoms with Crippen LogP contribution in [-0.4, -0.2) is 27.9 Å². The predicted molar refractivity (Wildman–Crippen MR) is 84.4 cm³/mol. The first kappa shape index (κ1) is 16.0. The first-order valence-electron chi connectivity index (χ1n) is 7.61. The maximum atomic E-state index is 5.46. The van der Waals surface area contributed by atoms with Gasteiger partial charge in [0.1, 0.15) is 5.75 Å². The lowest BCUT2D eigenvalue weighted by molar-refractivity contribution is 0.312. The van der Waals surface area contributed by atoms with Crippen molar-refractivity contribution < 1.29 is 14.2 Å². The second-order valence-corrected chi connectivity index (χ2v) is 6.14. The zero-order chi connectivity index (χ0) is 15.3. The molecule has 1 aliphatic carbocycles. The lowest BCUT2D eigenvalue weighted by Gasteiger charge is -2.24. The summed E-state index contributed by atoms with van der Waals surface area (Å²) in [5.74, 6) is 2.26. The monoisotopic (exact) mass is 293 g/mol. The van der Waals surface area contributed by atoms with Gasteiger partial charge in [-0.15, -0.1) is 0 Å². The van der Waals surface area contributed by atoms with Crippen LogP contribution in [0.3, 0.4) is 0 Å². The Morgan fingerprint density at radius 1 is 0.952 bits per heavy atom. The van der Waals surface area contributed by atoms with Crippen molar-refractivity contribution in [1.82, 2.24) is 5.32 Å². The molecule has 0 amide bonds. The molecular formula is C17H27NO3. The molecule has 2 rings (SSSR count). The van der Waals surface area contributed by atoms with E-state index in [1.54, 1.807) is 21.3 Å². The Kier molecular flexibility index (Phi) is 5.34. The van der Waals surface area contributed by atoms with Crippen molar-refractivity contribution in [2.45, 2.75) is 39.2 Å². The fourth-order valence-corrected chi connectivity index (χ4v) is 3.13. The third-order valence-corrected chi connectivity index (χ3v) is 4.46. The van der Waals surface area contributed by atoms with Crippen molar-refractivity contribution in [2.75, 3.05) is 27.9 Å². The Bertz CT molecular complexity index is 467. The zero-order valence-corrected chi connectivity index (χ0v) is 13.6. The van der Waals surface area contributed by atoms with Crippen molar-refractivity contribution in [3.05, 3.63) is 17.7 Å². The number of ether oxygens (including phenoxy) is 3. The normalized spacial score (nSPS) is 16.8. The number of hydrogen-bond donors (Lipinski definition) is 1. The standard InChI is InChI=1S/C17H27NO3/c1-17(7-5-6-8-17)12-18-11-13-9-15(20-3)16(21-4)10-14(13)19-2/h9-10,18H,5-8,11-12H2,1-4H3. The van der Waals surface area contributed by atoms with E-state index in [0.717, 1.165) is 30.2 Å². The molecular weight excluding hydrogens is 266 g/mol. The van der Waals surface area contributed by atoms with Crippen LogP contribution in [0, 0.1) is 5.41 Å². The molecule has 118 valence electrons. The van der Waals surface area contributed by atoms with Gasteiger partial charge in [-0.1, -0.05) is 19.8 Å². The highest BCUT2D eigenvalue weighted by molar-refractivity contribution is 5.50. The molecule has 1 aromatic rings. The predicted octanol–water partition coefficient (Wildman–Crippen LogP) is 3.38. The van der Waals surface area contributed by atoms with Crippen LogP contribution in [-0.2, 0) is 6.54 Å². The number of nitrogens with one attached hydrogen (secondary N) is 1. The molecule has 1 saturated carbocycles. The summed E-state index contributed by atoms with van der Waals surface area (Å²) >= 11 is 0. The van der Waals surface area contributed by atoms with E-state index in [4.69, 9.17) is 14.2 Å². The number of hydrogen-bond acceptors (Lipinski definition) is 4. The van der Waals surface area contributed by atoms with Crippen LogP contribution in [0.1, 0.15) is 38.2 Å². The summed E-state index contributed by atoms with van der Waals surface area (Å²) in [6.45, 7) is 4.20. The first-order valence-corrected chi connectivity index (χ1v) is 7.61. The quantitative estimate of drug-likeness (QED) is 0.836. The molecule has 4 heteroatoms. The van der Waals surface area contributed by atoms with Gasteiger partial charge in [-0.2, -0.15) is 0 Å². The van der Waals surface area contributed by atoms with Crippen LogP contribution >= 0.6 is 0 Å². The van der Waals surface area contributed by atoms with Gasteiger partial charge in [0.2, 0.25) is 0 Å². The molecule has 0 radical (unpaired) electrons. The average molecular weight is 293 g/mol. The van der Waals surface area contributed by atoms with E-state index in [0.29, 0.717) is 11.2 Å². The topological polar surface area (TPSA) is 39.7 Å². The average Bonchev–Trinajstić information content (AvgIpc) is 2.93. The third kappa shape index (κ3) is 3.82. The Hall–Kier alpha value is -1.42. The maximum absolute atomic E-state index is 5.46.